The minimum atomic E-state index is -3.98. The van der Waals surface area contributed by atoms with Gasteiger partial charge >= 0.3 is 5.97 Å². The lowest BCUT2D eigenvalue weighted by Gasteiger charge is -2.15. The van der Waals surface area contributed by atoms with E-state index >= 15 is 0 Å². The summed E-state index contributed by atoms with van der Waals surface area (Å²) in [5, 5.41) is 9.37. The predicted octanol–water partition coefficient (Wildman–Crippen LogP) is 13.0. The van der Waals surface area contributed by atoms with Crippen LogP contribution in [-0.2, 0) is 19.6 Å². The number of amides is 1. The number of anilines is 1. The first-order valence-corrected chi connectivity index (χ1v) is 26.8. The van der Waals surface area contributed by atoms with Crippen molar-refractivity contribution in [2.75, 3.05) is 31.0 Å². The van der Waals surface area contributed by atoms with Gasteiger partial charge in [0.2, 0.25) is 5.91 Å². The minimum absolute atomic E-state index is 0.0274. The first kappa shape index (κ1) is 51.0. The van der Waals surface area contributed by atoms with Gasteiger partial charge in [0, 0.05) is 65.6 Å². The summed E-state index contributed by atoms with van der Waals surface area (Å²) < 4.78 is 45.5. The quantitative estimate of drug-likeness (QED) is 0.0709. The van der Waals surface area contributed by atoms with E-state index in [1.807, 2.05) is 119 Å². The van der Waals surface area contributed by atoms with Crippen LogP contribution in [0, 0.1) is 0 Å². The number of imidazole rings is 2. The molecule has 74 heavy (non-hydrogen) atoms. The largest absolute Gasteiger partial charge is 0.494 e. The zero-order chi connectivity index (χ0) is 51.3. The molecule has 1 aliphatic rings. The number of hydrogen-bond acceptors (Lipinski definition) is 8. The summed E-state index contributed by atoms with van der Waals surface area (Å²) in [5.74, 6) is 2.19. The predicted molar refractivity (Wildman–Crippen MR) is 292 cm³/mol. The van der Waals surface area contributed by atoms with E-state index in [0.29, 0.717) is 53.9 Å². The Bertz CT molecular complexity index is 3420. The number of nitrogens with zero attached hydrogens (tertiary/aromatic N) is 5. The molecule has 7 aromatic carbocycles. The molecular formula is C59H57ClN6O7S. The van der Waals surface area contributed by atoms with E-state index in [-0.39, 0.29) is 23.6 Å². The Kier molecular flexibility index (Phi) is 16.7. The number of likely N-dealkylation sites (tertiary alicyclic amines) is 1. The molecule has 1 saturated heterocycles. The molecule has 10 rings (SSSR count). The van der Waals surface area contributed by atoms with Gasteiger partial charge in [0.05, 0.1) is 45.9 Å². The van der Waals surface area contributed by atoms with Crippen molar-refractivity contribution in [3.8, 4) is 45.6 Å². The van der Waals surface area contributed by atoms with Crippen molar-refractivity contribution in [2.24, 2.45) is 0 Å². The molecule has 1 aliphatic heterocycles. The summed E-state index contributed by atoms with van der Waals surface area (Å²) in [4.78, 5) is 35.0. The number of aliphatic carboxylic acids is 1. The van der Waals surface area contributed by atoms with E-state index in [0.717, 1.165) is 95.8 Å². The summed E-state index contributed by atoms with van der Waals surface area (Å²) in [5.41, 5.74) is 7.40. The van der Waals surface area contributed by atoms with Gasteiger partial charge in [-0.2, -0.15) is 0 Å². The molecule has 0 bridgehead atoms. The van der Waals surface area contributed by atoms with E-state index in [4.69, 9.17) is 36.1 Å². The molecule has 0 radical (unpaired) electrons. The summed E-state index contributed by atoms with van der Waals surface area (Å²) in [6, 6.07) is 55.4. The van der Waals surface area contributed by atoms with Gasteiger partial charge in [0.25, 0.3) is 10.0 Å². The standard InChI is InChI=1S/C30H26ClN3O5S.C29H31N3O2/c31-22-14-16-24(17-15-22)40(37,38)33-26-19-25-27(20-28(26)39-18-8-7-13-29(35)36)34(23-11-5-2-6-12-23)30(32-25)21-9-3-1-4-10-21;33-28(31-19-9-10-20-31)16-8-3-11-21-34-25-17-18-26-27(22-25)32(24-14-6-2-7-15-24)29(30-26)23-12-4-1-5-13-23/h1-6,9-12,14-17,19-20,33H,7-8,13,18H2,(H,35,36);1-2,4-7,12-15,17-18,22H,3,8-11,16,19-21H2. The molecule has 0 atom stereocenters. The molecule has 1 fully saturated rings. The van der Waals surface area contributed by atoms with Crippen LogP contribution in [-0.4, -0.2) is 75.7 Å². The second-order valence-electron chi connectivity index (χ2n) is 17.9. The average Bonchev–Trinajstić information content (AvgIpc) is 4.20. The monoisotopic (exact) mass is 1030 g/mol. The number of carbonyl (C=O) groups is 2. The van der Waals surface area contributed by atoms with Crippen LogP contribution >= 0.6 is 11.6 Å². The number of fused-ring (bicyclic) bond motifs is 2. The molecule has 15 heteroatoms. The summed E-state index contributed by atoms with van der Waals surface area (Å²) in [6.07, 6.45) is 6.79. The van der Waals surface area contributed by atoms with Crippen LogP contribution in [0.5, 0.6) is 11.5 Å². The van der Waals surface area contributed by atoms with Crippen LogP contribution in [0.4, 0.5) is 5.69 Å². The number of halogens is 1. The molecule has 0 unspecified atom stereocenters. The lowest BCUT2D eigenvalue weighted by Crippen LogP contribution is -2.27. The first-order valence-electron chi connectivity index (χ1n) is 25.0. The fraction of sp³-hybridized carbons (Fsp3) is 0.220. The van der Waals surface area contributed by atoms with E-state index in [2.05, 4.69) is 39.6 Å². The van der Waals surface area contributed by atoms with Crippen LogP contribution in [0.15, 0.2) is 181 Å². The number of unbranched alkanes of at least 4 members (excludes halogenated alkanes) is 3. The number of ether oxygens (including phenoxy) is 2. The van der Waals surface area contributed by atoms with Gasteiger partial charge in [0.1, 0.15) is 23.1 Å². The van der Waals surface area contributed by atoms with E-state index in [1.165, 1.54) is 24.3 Å². The van der Waals surface area contributed by atoms with E-state index in [1.54, 1.807) is 12.1 Å². The number of benzene rings is 7. The smallest absolute Gasteiger partial charge is 0.303 e. The number of sulfonamides is 1. The number of carbonyl (C=O) groups excluding carboxylic acids is 1. The highest BCUT2D eigenvalue weighted by molar-refractivity contribution is 7.92. The van der Waals surface area contributed by atoms with Gasteiger partial charge in [-0.25, -0.2) is 18.4 Å². The maximum Gasteiger partial charge on any atom is 0.303 e. The third-order valence-corrected chi connectivity index (χ3v) is 14.3. The third kappa shape index (κ3) is 12.6. The third-order valence-electron chi connectivity index (χ3n) is 12.6. The Labute approximate surface area is 436 Å². The Morgan fingerprint density at radius 2 is 1.11 bits per heavy atom. The van der Waals surface area contributed by atoms with Crippen LogP contribution < -0.4 is 14.2 Å². The molecule has 0 aliphatic carbocycles. The van der Waals surface area contributed by atoms with Crippen LogP contribution in [0.25, 0.3) is 56.2 Å². The molecule has 3 heterocycles. The number of para-hydroxylation sites is 2. The molecule has 0 saturated carbocycles. The molecule has 9 aromatic rings. The van der Waals surface area contributed by atoms with Crippen LogP contribution in [0.2, 0.25) is 5.02 Å². The fourth-order valence-corrected chi connectivity index (χ4v) is 10.1. The van der Waals surface area contributed by atoms with Gasteiger partial charge in [-0.1, -0.05) is 109 Å². The first-order chi connectivity index (χ1) is 36.1. The summed E-state index contributed by atoms with van der Waals surface area (Å²) in [6.45, 7) is 2.74. The van der Waals surface area contributed by atoms with Gasteiger partial charge in [0.15, 0.2) is 0 Å². The number of hydrogen-bond donors (Lipinski definition) is 2. The highest BCUT2D eigenvalue weighted by Gasteiger charge is 2.23. The van der Waals surface area contributed by atoms with Crippen molar-refractivity contribution in [1.29, 1.82) is 0 Å². The number of carboxylic acid groups (broad SMARTS) is 1. The van der Waals surface area contributed by atoms with Crippen molar-refractivity contribution >= 4 is 61.3 Å². The van der Waals surface area contributed by atoms with E-state index in [9.17, 15) is 18.0 Å². The molecule has 2 aromatic heterocycles. The number of rotatable bonds is 20. The highest BCUT2D eigenvalue weighted by atomic mass is 35.5. The minimum Gasteiger partial charge on any atom is -0.494 e. The number of carboxylic acids is 1. The number of nitrogens with one attached hydrogen (secondary N) is 1. The summed E-state index contributed by atoms with van der Waals surface area (Å²) in [7, 11) is -3.98. The lowest BCUT2D eigenvalue weighted by molar-refractivity contribution is -0.137. The Hall–Kier alpha value is -7.94. The van der Waals surface area contributed by atoms with Gasteiger partial charge in [-0.15, -0.1) is 0 Å². The maximum absolute atomic E-state index is 13.3. The van der Waals surface area contributed by atoms with Crippen LogP contribution in [0.1, 0.15) is 57.8 Å². The van der Waals surface area contributed by atoms with Crippen molar-refractivity contribution in [2.45, 2.75) is 62.7 Å². The van der Waals surface area contributed by atoms with Crippen LogP contribution in [0.3, 0.4) is 0 Å². The van der Waals surface area contributed by atoms with Crippen molar-refractivity contribution in [3.63, 3.8) is 0 Å². The highest BCUT2D eigenvalue weighted by Crippen LogP contribution is 2.37. The number of aromatic nitrogens is 4. The van der Waals surface area contributed by atoms with E-state index < -0.39 is 16.0 Å². The molecular weight excluding hydrogens is 972 g/mol. The Morgan fingerprint density at radius 3 is 1.70 bits per heavy atom. The van der Waals surface area contributed by atoms with Crippen molar-refractivity contribution in [1.82, 2.24) is 24.0 Å². The fourth-order valence-electron chi connectivity index (χ4n) is 8.93. The van der Waals surface area contributed by atoms with Gasteiger partial charge in [-0.3, -0.25) is 23.4 Å². The Morgan fingerprint density at radius 1 is 0.581 bits per heavy atom. The maximum atomic E-state index is 13.3. The van der Waals surface area contributed by atoms with Crippen molar-refractivity contribution in [3.05, 3.63) is 181 Å². The molecule has 13 nitrogen and oxygen atoms in total. The lowest BCUT2D eigenvalue weighted by atomic mass is 10.2. The van der Waals surface area contributed by atoms with Gasteiger partial charge < -0.3 is 19.5 Å². The normalized spacial score (nSPS) is 12.4. The summed E-state index contributed by atoms with van der Waals surface area (Å²) >= 11 is 5.95. The average molecular weight is 1030 g/mol. The zero-order valence-corrected chi connectivity index (χ0v) is 42.4. The zero-order valence-electron chi connectivity index (χ0n) is 40.9. The Balaban J connectivity index is 0.000000184. The second-order valence-corrected chi connectivity index (χ2v) is 20.1. The van der Waals surface area contributed by atoms with Crippen molar-refractivity contribution < 1.29 is 32.6 Å². The second kappa shape index (κ2) is 24.2. The molecule has 378 valence electrons. The molecule has 1 amide bonds. The molecule has 0 spiro atoms. The van der Waals surface area contributed by atoms with Gasteiger partial charge in [-0.05, 0) is 112 Å². The SMILES string of the molecule is O=C(CCCCCOc1ccc2nc(-c3ccccc3)n(-c3ccccc3)c2c1)N1CCCC1.O=C(O)CCCCOc1cc2c(cc1NS(=O)(=O)c1ccc(Cl)cc1)nc(-c1ccccc1)n2-c1ccccc1. The topological polar surface area (TPSA) is 158 Å². The molecule has 2 N–H and O–H groups in total.